The summed E-state index contributed by atoms with van der Waals surface area (Å²) in [6.07, 6.45) is 3.60. The first-order chi connectivity index (χ1) is 19.7. The van der Waals surface area contributed by atoms with Gasteiger partial charge in [-0.05, 0) is 60.4 Å². The van der Waals surface area contributed by atoms with E-state index in [1.165, 1.54) is 39.9 Å². The van der Waals surface area contributed by atoms with Gasteiger partial charge in [-0.25, -0.2) is 9.07 Å². The molecule has 0 radical (unpaired) electrons. The molecular weight excluding hydrogens is 525 g/mol. The fourth-order valence-corrected chi connectivity index (χ4v) is 4.02. The lowest BCUT2D eigenvalue weighted by molar-refractivity contribution is -0.384. The predicted molar refractivity (Wildman–Crippen MR) is 156 cm³/mol. The number of non-ortho nitro benzene ring substituents is 1. The van der Waals surface area contributed by atoms with E-state index in [1.807, 2.05) is 44.2 Å². The first kappa shape index (κ1) is 28.9. The summed E-state index contributed by atoms with van der Waals surface area (Å²) in [6.45, 7) is 4.22. The lowest BCUT2D eigenvalue weighted by Gasteiger charge is -2.22. The number of halogens is 1. The van der Waals surface area contributed by atoms with Crippen molar-refractivity contribution in [3.63, 3.8) is 0 Å². The molecule has 4 aromatic rings. The Kier molecular flexibility index (Phi) is 9.36. The van der Waals surface area contributed by atoms with Gasteiger partial charge in [0, 0.05) is 36.4 Å². The highest BCUT2D eigenvalue weighted by molar-refractivity contribution is 5.98. The number of nitrogens with zero attached hydrogens (tertiary/aromatic N) is 4. The number of amides is 2. The zero-order valence-corrected chi connectivity index (χ0v) is 22.7. The molecule has 0 saturated heterocycles. The Morgan fingerprint density at radius 1 is 1.05 bits per heavy atom. The van der Waals surface area contributed by atoms with Gasteiger partial charge in [0.1, 0.15) is 18.2 Å². The van der Waals surface area contributed by atoms with Crippen LogP contribution in [0.15, 0.2) is 91.0 Å². The first-order valence-electron chi connectivity index (χ1n) is 13.1. The number of anilines is 1. The molecule has 1 N–H and O–H groups in total. The normalized spacial score (nSPS) is 11.1. The minimum atomic E-state index is -0.490. The highest BCUT2D eigenvalue weighted by Gasteiger charge is 2.19. The Morgan fingerprint density at radius 2 is 1.73 bits per heavy atom. The third kappa shape index (κ3) is 7.95. The van der Waals surface area contributed by atoms with Gasteiger partial charge in [-0.1, -0.05) is 44.2 Å². The van der Waals surface area contributed by atoms with E-state index in [2.05, 4.69) is 10.4 Å². The Bertz CT molecular complexity index is 1530. The van der Waals surface area contributed by atoms with Crippen molar-refractivity contribution in [2.24, 2.45) is 5.92 Å². The van der Waals surface area contributed by atoms with Gasteiger partial charge >= 0.3 is 0 Å². The fraction of sp³-hybridized carbons (Fsp3) is 0.194. The van der Waals surface area contributed by atoms with Gasteiger partial charge in [-0.15, -0.1) is 0 Å². The molecule has 210 valence electrons. The van der Waals surface area contributed by atoms with Crippen LogP contribution in [0, 0.1) is 21.8 Å². The zero-order chi connectivity index (χ0) is 29.4. The van der Waals surface area contributed by atoms with Crippen LogP contribution < -0.4 is 5.32 Å². The van der Waals surface area contributed by atoms with Crippen molar-refractivity contribution in [2.75, 3.05) is 18.4 Å². The smallest absolute Gasteiger partial charge is 0.269 e. The summed E-state index contributed by atoms with van der Waals surface area (Å²) in [5.74, 6) is -0.501. The number of aromatic nitrogens is 2. The Hall–Kier alpha value is -5.12. The summed E-state index contributed by atoms with van der Waals surface area (Å²) in [6, 6.07) is 22.8. The molecule has 0 aliphatic heterocycles. The molecule has 10 heteroatoms. The van der Waals surface area contributed by atoms with E-state index in [0.717, 1.165) is 5.56 Å². The van der Waals surface area contributed by atoms with Gasteiger partial charge in [0.2, 0.25) is 11.8 Å². The molecule has 0 spiro atoms. The summed E-state index contributed by atoms with van der Waals surface area (Å²) >= 11 is 0. The average molecular weight is 556 g/mol. The molecule has 41 heavy (non-hydrogen) atoms. The maximum absolute atomic E-state index is 13.6. The molecule has 0 unspecified atom stereocenters. The van der Waals surface area contributed by atoms with E-state index < -0.39 is 16.6 Å². The molecule has 0 saturated carbocycles. The molecule has 0 aliphatic rings. The van der Waals surface area contributed by atoms with Crippen LogP contribution in [0.4, 0.5) is 15.9 Å². The van der Waals surface area contributed by atoms with E-state index in [4.69, 9.17) is 0 Å². The van der Waals surface area contributed by atoms with Crippen molar-refractivity contribution in [3.8, 4) is 16.9 Å². The number of benzene rings is 3. The molecule has 0 fully saturated rings. The first-order valence-corrected chi connectivity index (χ1v) is 13.1. The fourth-order valence-electron chi connectivity index (χ4n) is 4.02. The molecule has 0 bridgehead atoms. The van der Waals surface area contributed by atoms with Crippen LogP contribution in [0.5, 0.6) is 0 Å². The van der Waals surface area contributed by atoms with Crippen LogP contribution >= 0.6 is 0 Å². The number of hydrogen-bond acceptors (Lipinski definition) is 5. The Morgan fingerprint density at radius 3 is 2.37 bits per heavy atom. The van der Waals surface area contributed by atoms with Crippen molar-refractivity contribution in [1.29, 1.82) is 0 Å². The third-order valence-corrected chi connectivity index (χ3v) is 6.26. The molecule has 0 aliphatic carbocycles. The van der Waals surface area contributed by atoms with Crippen molar-refractivity contribution >= 4 is 29.4 Å². The number of rotatable bonds is 11. The van der Waals surface area contributed by atoms with Crippen LogP contribution in [0.3, 0.4) is 0 Å². The second kappa shape index (κ2) is 13.3. The molecule has 9 nitrogen and oxygen atoms in total. The molecule has 3 aromatic carbocycles. The third-order valence-electron chi connectivity index (χ3n) is 6.26. The van der Waals surface area contributed by atoms with Crippen LogP contribution in [0.1, 0.15) is 25.8 Å². The van der Waals surface area contributed by atoms with Crippen molar-refractivity contribution in [3.05, 3.63) is 113 Å². The van der Waals surface area contributed by atoms with E-state index >= 15 is 0 Å². The standard InChI is InChI=1S/C31H30FN5O4/c1-22(2)18-19-35(31(39)17-10-23-8-13-27(14-9-23)37(40)41)21-30(38)33-29-20-28(24-6-4-3-5-7-24)34-36(29)26-15-11-25(32)12-16-26/h3-17,20,22H,18-19,21H2,1-2H3,(H,33,38)/b17-10+. The van der Waals surface area contributed by atoms with Crippen LogP contribution in [0.25, 0.3) is 23.0 Å². The highest BCUT2D eigenvalue weighted by Crippen LogP contribution is 2.25. The maximum Gasteiger partial charge on any atom is 0.269 e. The molecule has 1 aromatic heterocycles. The predicted octanol–water partition coefficient (Wildman–Crippen LogP) is 6.11. The van der Waals surface area contributed by atoms with Crippen molar-refractivity contribution in [2.45, 2.75) is 20.3 Å². The maximum atomic E-state index is 13.6. The molecule has 0 atom stereocenters. The Balaban J connectivity index is 1.54. The van der Waals surface area contributed by atoms with E-state index in [9.17, 15) is 24.1 Å². The quantitative estimate of drug-likeness (QED) is 0.136. The summed E-state index contributed by atoms with van der Waals surface area (Å²) in [4.78, 5) is 38.2. The van der Waals surface area contributed by atoms with Gasteiger partial charge in [-0.2, -0.15) is 5.10 Å². The largest absolute Gasteiger partial charge is 0.330 e. The van der Waals surface area contributed by atoms with Gasteiger partial charge in [0.15, 0.2) is 0 Å². The number of nitro benzene ring substituents is 1. The van der Waals surface area contributed by atoms with E-state index in [0.29, 0.717) is 41.6 Å². The number of hydrogen-bond donors (Lipinski definition) is 1. The lowest BCUT2D eigenvalue weighted by atomic mass is 10.1. The zero-order valence-electron chi connectivity index (χ0n) is 22.7. The highest BCUT2D eigenvalue weighted by atomic mass is 19.1. The molecule has 2 amide bonds. The summed E-state index contributed by atoms with van der Waals surface area (Å²) in [5.41, 5.74) is 2.59. The van der Waals surface area contributed by atoms with Crippen molar-refractivity contribution < 1.29 is 18.9 Å². The summed E-state index contributed by atoms with van der Waals surface area (Å²) in [5, 5.41) is 18.4. The van der Waals surface area contributed by atoms with Gasteiger partial charge in [-0.3, -0.25) is 19.7 Å². The van der Waals surface area contributed by atoms with Crippen molar-refractivity contribution in [1.82, 2.24) is 14.7 Å². The average Bonchev–Trinajstić information content (AvgIpc) is 3.38. The monoisotopic (exact) mass is 555 g/mol. The lowest BCUT2D eigenvalue weighted by Crippen LogP contribution is -2.38. The number of carbonyl (C=O) groups excluding carboxylic acids is 2. The number of carbonyl (C=O) groups is 2. The minimum absolute atomic E-state index is 0.0426. The van der Waals surface area contributed by atoms with Gasteiger partial charge in [0.25, 0.3) is 5.69 Å². The van der Waals surface area contributed by atoms with Gasteiger partial charge < -0.3 is 10.2 Å². The van der Waals surface area contributed by atoms with E-state index in [1.54, 1.807) is 36.4 Å². The SMILES string of the molecule is CC(C)CCN(CC(=O)Nc1cc(-c2ccccc2)nn1-c1ccc(F)cc1)C(=O)/C=C/c1ccc([N+](=O)[O-])cc1. The second-order valence-corrected chi connectivity index (χ2v) is 9.84. The van der Waals surface area contributed by atoms with Gasteiger partial charge in [0.05, 0.1) is 16.3 Å². The number of nitro groups is 1. The molecular formula is C31H30FN5O4. The number of nitrogens with one attached hydrogen (secondary N) is 1. The molecule has 1 heterocycles. The topological polar surface area (TPSA) is 110 Å². The summed E-state index contributed by atoms with van der Waals surface area (Å²) < 4.78 is 15.1. The van der Waals surface area contributed by atoms with Crippen LogP contribution in [-0.4, -0.2) is 44.5 Å². The molecule has 4 rings (SSSR count). The van der Waals surface area contributed by atoms with E-state index in [-0.39, 0.29) is 18.1 Å². The Labute approximate surface area is 237 Å². The van der Waals surface area contributed by atoms with Crippen LogP contribution in [-0.2, 0) is 9.59 Å². The minimum Gasteiger partial charge on any atom is -0.330 e. The summed E-state index contributed by atoms with van der Waals surface area (Å²) in [7, 11) is 0. The second-order valence-electron chi connectivity index (χ2n) is 9.84. The van der Waals surface area contributed by atoms with Crippen LogP contribution in [0.2, 0.25) is 0 Å².